The Kier molecular flexibility index (Phi) is 7.76. The average molecular weight is 310 g/mol. The van der Waals surface area contributed by atoms with Crippen molar-refractivity contribution in [3.05, 3.63) is 34.9 Å². The van der Waals surface area contributed by atoms with Gasteiger partial charge in [0.25, 0.3) is 0 Å². The average Bonchev–Trinajstić information content (AvgIpc) is 2.37. The van der Waals surface area contributed by atoms with Gasteiger partial charge in [-0.1, -0.05) is 56.5 Å². The second kappa shape index (κ2) is 8.80. The van der Waals surface area contributed by atoms with Gasteiger partial charge in [0.15, 0.2) is 0 Å². The summed E-state index contributed by atoms with van der Waals surface area (Å²) in [5, 5.41) is 4.56. The van der Waals surface area contributed by atoms with Gasteiger partial charge >= 0.3 is 0 Å². The van der Waals surface area contributed by atoms with Crippen LogP contribution in [0.5, 0.6) is 0 Å². The molecule has 1 N–H and O–H groups in total. The van der Waals surface area contributed by atoms with Crippen molar-refractivity contribution in [1.82, 2.24) is 5.32 Å². The SMILES string of the molecule is CC(C)CCCC(CNC(C)(C)C)Cc1ccccc1Cl. The molecule has 1 aromatic rings. The van der Waals surface area contributed by atoms with Gasteiger partial charge in [-0.15, -0.1) is 0 Å². The van der Waals surface area contributed by atoms with Crippen LogP contribution in [0.15, 0.2) is 24.3 Å². The first kappa shape index (κ1) is 18.5. The molecule has 0 aliphatic rings. The van der Waals surface area contributed by atoms with E-state index in [-0.39, 0.29) is 5.54 Å². The van der Waals surface area contributed by atoms with Crippen molar-refractivity contribution in [2.75, 3.05) is 6.54 Å². The Balaban J connectivity index is 2.60. The standard InChI is InChI=1S/C19H32ClN/c1-15(2)9-8-10-16(14-21-19(3,4)5)13-17-11-6-7-12-18(17)20/h6-7,11-12,15-16,21H,8-10,13-14H2,1-5H3. The molecule has 0 aliphatic carbocycles. The molecule has 0 aliphatic heterocycles. The monoisotopic (exact) mass is 309 g/mol. The van der Waals surface area contributed by atoms with E-state index in [0.29, 0.717) is 5.92 Å². The van der Waals surface area contributed by atoms with Gasteiger partial charge in [-0.3, -0.25) is 0 Å². The fraction of sp³-hybridized carbons (Fsp3) is 0.684. The van der Waals surface area contributed by atoms with Crippen LogP contribution in [0.2, 0.25) is 5.02 Å². The van der Waals surface area contributed by atoms with Crippen LogP contribution in [0, 0.1) is 11.8 Å². The van der Waals surface area contributed by atoms with Crippen LogP contribution < -0.4 is 5.32 Å². The molecule has 0 saturated carbocycles. The summed E-state index contributed by atoms with van der Waals surface area (Å²) >= 11 is 6.32. The molecular weight excluding hydrogens is 278 g/mol. The molecule has 2 heteroatoms. The van der Waals surface area contributed by atoms with E-state index < -0.39 is 0 Å². The molecule has 1 nitrogen and oxygen atoms in total. The summed E-state index contributed by atoms with van der Waals surface area (Å²) in [6, 6.07) is 8.25. The van der Waals surface area contributed by atoms with Crippen molar-refractivity contribution in [2.24, 2.45) is 11.8 Å². The van der Waals surface area contributed by atoms with Gasteiger partial charge in [0.1, 0.15) is 0 Å². The predicted molar refractivity (Wildman–Crippen MR) is 95.1 cm³/mol. The summed E-state index contributed by atoms with van der Waals surface area (Å²) in [6.07, 6.45) is 4.96. The summed E-state index contributed by atoms with van der Waals surface area (Å²) in [4.78, 5) is 0. The van der Waals surface area contributed by atoms with Crippen LogP contribution in [0.1, 0.15) is 59.4 Å². The Morgan fingerprint density at radius 3 is 2.33 bits per heavy atom. The Bertz CT molecular complexity index is 406. The van der Waals surface area contributed by atoms with Crippen LogP contribution in [0.4, 0.5) is 0 Å². The molecule has 0 radical (unpaired) electrons. The largest absolute Gasteiger partial charge is 0.312 e. The lowest BCUT2D eigenvalue weighted by Crippen LogP contribution is -2.39. The first-order valence-corrected chi connectivity index (χ1v) is 8.64. The third-order valence-electron chi connectivity index (χ3n) is 3.78. The van der Waals surface area contributed by atoms with Crippen molar-refractivity contribution in [1.29, 1.82) is 0 Å². The summed E-state index contributed by atoms with van der Waals surface area (Å²) in [7, 11) is 0. The molecule has 1 aromatic carbocycles. The highest BCUT2D eigenvalue weighted by Gasteiger charge is 2.16. The topological polar surface area (TPSA) is 12.0 Å². The van der Waals surface area contributed by atoms with Crippen molar-refractivity contribution >= 4 is 11.6 Å². The fourth-order valence-corrected chi connectivity index (χ4v) is 2.73. The second-order valence-electron chi connectivity index (χ2n) is 7.62. The van der Waals surface area contributed by atoms with Gasteiger partial charge in [0, 0.05) is 10.6 Å². The number of halogens is 1. The molecule has 1 unspecified atom stereocenters. The molecule has 1 rings (SSSR count). The summed E-state index contributed by atoms with van der Waals surface area (Å²) < 4.78 is 0. The zero-order valence-electron chi connectivity index (χ0n) is 14.4. The summed E-state index contributed by atoms with van der Waals surface area (Å²) in [5.41, 5.74) is 1.46. The van der Waals surface area contributed by atoms with Crippen LogP contribution in [0.25, 0.3) is 0 Å². The van der Waals surface area contributed by atoms with E-state index in [1.165, 1.54) is 24.8 Å². The Morgan fingerprint density at radius 1 is 1.10 bits per heavy atom. The van der Waals surface area contributed by atoms with E-state index in [1.807, 2.05) is 12.1 Å². The van der Waals surface area contributed by atoms with Crippen molar-refractivity contribution in [2.45, 2.75) is 65.8 Å². The third kappa shape index (κ3) is 8.48. The molecular formula is C19H32ClN. The van der Waals surface area contributed by atoms with Gasteiger partial charge in [-0.05, 0) is 63.6 Å². The normalized spacial score (nSPS) is 13.7. The lowest BCUT2D eigenvalue weighted by atomic mass is 9.91. The van der Waals surface area contributed by atoms with Gasteiger partial charge in [-0.2, -0.15) is 0 Å². The smallest absolute Gasteiger partial charge is 0.0438 e. The maximum atomic E-state index is 6.32. The predicted octanol–water partition coefficient (Wildman–Crippen LogP) is 5.71. The molecule has 0 bridgehead atoms. The lowest BCUT2D eigenvalue weighted by Gasteiger charge is -2.26. The quantitative estimate of drug-likeness (QED) is 0.648. The van der Waals surface area contributed by atoms with Crippen molar-refractivity contribution < 1.29 is 0 Å². The highest BCUT2D eigenvalue weighted by atomic mass is 35.5. The minimum absolute atomic E-state index is 0.177. The minimum atomic E-state index is 0.177. The van der Waals surface area contributed by atoms with Gasteiger partial charge < -0.3 is 5.32 Å². The third-order valence-corrected chi connectivity index (χ3v) is 4.15. The van der Waals surface area contributed by atoms with E-state index in [9.17, 15) is 0 Å². The first-order chi connectivity index (χ1) is 9.78. The number of hydrogen-bond donors (Lipinski definition) is 1. The molecule has 0 spiro atoms. The first-order valence-electron chi connectivity index (χ1n) is 8.26. The number of benzene rings is 1. The van der Waals surface area contributed by atoms with Crippen LogP contribution >= 0.6 is 11.6 Å². The van der Waals surface area contributed by atoms with Gasteiger partial charge in [0.2, 0.25) is 0 Å². The van der Waals surface area contributed by atoms with E-state index in [0.717, 1.165) is 23.9 Å². The molecule has 0 amide bonds. The van der Waals surface area contributed by atoms with Gasteiger partial charge in [-0.25, -0.2) is 0 Å². The maximum absolute atomic E-state index is 6.32. The number of hydrogen-bond acceptors (Lipinski definition) is 1. The Labute approximate surface area is 136 Å². The molecule has 1 atom stereocenters. The van der Waals surface area contributed by atoms with E-state index >= 15 is 0 Å². The van der Waals surface area contributed by atoms with E-state index in [2.05, 4.69) is 52.1 Å². The number of rotatable bonds is 8. The molecule has 0 fully saturated rings. The highest BCUT2D eigenvalue weighted by Crippen LogP contribution is 2.22. The zero-order valence-corrected chi connectivity index (χ0v) is 15.1. The van der Waals surface area contributed by atoms with E-state index in [4.69, 9.17) is 11.6 Å². The molecule has 21 heavy (non-hydrogen) atoms. The van der Waals surface area contributed by atoms with Crippen LogP contribution in [-0.4, -0.2) is 12.1 Å². The fourth-order valence-electron chi connectivity index (χ4n) is 2.52. The molecule has 120 valence electrons. The lowest BCUT2D eigenvalue weighted by molar-refractivity contribution is 0.344. The molecule has 0 heterocycles. The van der Waals surface area contributed by atoms with Crippen LogP contribution in [-0.2, 0) is 6.42 Å². The van der Waals surface area contributed by atoms with Crippen molar-refractivity contribution in [3.63, 3.8) is 0 Å². The Hall–Kier alpha value is -0.530. The highest BCUT2D eigenvalue weighted by molar-refractivity contribution is 6.31. The van der Waals surface area contributed by atoms with Crippen molar-refractivity contribution in [3.8, 4) is 0 Å². The zero-order chi connectivity index (χ0) is 15.9. The molecule has 0 aromatic heterocycles. The van der Waals surface area contributed by atoms with E-state index in [1.54, 1.807) is 0 Å². The second-order valence-corrected chi connectivity index (χ2v) is 8.02. The minimum Gasteiger partial charge on any atom is -0.312 e. The van der Waals surface area contributed by atoms with Crippen LogP contribution in [0.3, 0.4) is 0 Å². The summed E-state index contributed by atoms with van der Waals surface area (Å²) in [6.45, 7) is 12.4. The van der Waals surface area contributed by atoms with Gasteiger partial charge in [0.05, 0.1) is 0 Å². The summed E-state index contributed by atoms with van der Waals surface area (Å²) in [5.74, 6) is 1.45. The number of nitrogens with one attached hydrogen (secondary N) is 1. The Morgan fingerprint density at radius 2 is 1.76 bits per heavy atom. The maximum Gasteiger partial charge on any atom is 0.0438 e. The molecule has 0 saturated heterocycles.